The first-order valence-electron chi connectivity index (χ1n) is 10.8. The maximum atomic E-state index is 13.5. The first-order valence-corrected chi connectivity index (χ1v) is 10.8. The SMILES string of the molecule is O=C(c1ccc(=O)n(Cc2cccc(F)c2)n1)N1CCN(c2ccc(-n3ccnc3)nn2)CC1. The molecule has 0 atom stereocenters. The molecule has 34 heavy (non-hydrogen) atoms. The molecule has 0 radical (unpaired) electrons. The van der Waals surface area contributed by atoms with E-state index in [0.717, 1.165) is 5.82 Å². The number of anilines is 1. The van der Waals surface area contributed by atoms with E-state index in [0.29, 0.717) is 37.6 Å². The molecule has 4 heterocycles. The lowest BCUT2D eigenvalue weighted by Crippen LogP contribution is -2.49. The molecular weight excluding hydrogens is 439 g/mol. The maximum absolute atomic E-state index is 13.5. The molecule has 11 heteroatoms. The van der Waals surface area contributed by atoms with Crippen LogP contribution in [0.15, 0.2) is 72.0 Å². The van der Waals surface area contributed by atoms with E-state index in [2.05, 4.69) is 25.2 Å². The predicted molar refractivity (Wildman–Crippen MR) is 121 cm³/mol. The summed E-state index contributed by atoms with van der Waals surface area (Å²) in [5.41, 5.74) is 0.408. The van der Waals surface area contributed by atoms with Crippen molar-refractivity contribution < 1.29 is 9.18 Å². The summed E-state index contributed by atoms with van der Waals surface area (Å²) >= 11 is 0. The van der Waals surface area contributed by atoms with Crippen LogP contribution in [0.4, 0.5) is 10.2 Å². The van der Waals surface area contributed by atoms with Crippen molar-refractivity contribution in [2.24, 2.45) is 0 Å². The van der Waals surface area contributed by atoms with E-state index in [-0.39, 0.29) is 23.7 Å². The summed E-state index contributed by atoms with van der Waals surface area (Å²) in [6.07, 6.45) is 5.13. The summed E-state index contributed by atoms with van der Waals surface area (Å²) in [6.45, 7) is 2.23. The van der Waals surface area contributed by atoms with Gasteiger partial charge in [0.05, 0.1) is 6.54 Å². The zero-order valence-corrected chi connectivity index (χ0v) is 18.2. The molecule has 1 aliphatic rings. The number of benzene rings is 1. The number of nitrogens with zero attached hydrogens (tertiary/aromatic N) is 8. The van der Waals surface area contributed by atoms with Gasteiger partial charge in [0.15, 0.2) is 11.6 Å². The van der Waals surface area contributed by atoms with Crippen molar-refractivity contribution in [3.05, 3.63) is 94.7 Å². The minimum absolute atomic E-state index is 0.0826. The van der Waals surface area contributed by atoms with Crippen LogP contribution in [0.3, 0.4) is 0 Å². The number of amides is 1. The zero-order chi connectivity index (χ0) is 23.5. The van der Waals surface area contributed by atoms with Crippen LogP contribution in [0.1, 0.15) is 16.1 Å². The van der Waals surface area contributed by atoms with Crippen LogP contribution in [-0.4, -0.2) is 66.5 Å². The van der Waals surface area contributed by atoms with Gasteiger partial charge in [0.2, 0.25) is 0 Å². The molecule has 0 N–H and O–H groups in total. The quantitative estimate of drug-likeness (QED) is 0.443. The predicted octanol–water partition coefficient (Wildman–Crippen LogP) is 1.37. The average Bonchev–Trinajstić information content (AvgIpc) is 3.40. The lowest BCUT2D eigenvalue weighted by Gasteiger charge is -2.35. The number of rotatable bonds is 5. The normalized spacial score (nSPS) is 13.8. The first kappa shape index (κ1) is 21.4. The van der Waals surface area contributed by atoms with Crippen LogP contribution in [0.2, 0.25) is 0 Å². The fourth-order valence-corrected chi connectivity index (χ4v) is 3.80. The Morgan fingerprint density at radius 2 is 1.76 bits per heavy atom. The summed E-state index contributed by atoms with van der Waals surface area (Å²) in [5.74, 6) is 0.762. The fraction of sp³-hybridized carbons (Fsp3) is 0.217. The molecule has 1 saturated heterocycles. The fourth-order valence-electron chi connectivity index (χ4n) is 3.80. The van der Waals surface area contributed by atoms with Crippen LogP contribution < -0.4 is 10.5 Å². The third kappa shape index (κ3) is 4.53. The van der Waals surface area contributed by atoms with Gasteiger partial charge in [-0.1, -0.05) is 12.1 Å². The van der Waals surface area contributed by atoms with Crippen molar-refractivity contribution in [2.75, 3.05) is 31.1 Å². The molecule has 172 valence electrons. The Morgan fingerprint density at radius 1 is 0.971 bits per heavy atom. The Morgan fingerprint density at radius 3 is 2.47 bits per heavy atom. The Kier molecular flexibility index (Phi) is 5.81. The van der Waals surface area contributed by atoms with Gasteiger partial charge in [-0.25, -0.2) is 14.1 Å². The Balaban J connectivity index is 1.24. The molecule has 1 fully saturated rings. The number of hydrogen-bond acceptors (Lipinski definition) is 7. The number of carbonyl (C=O) groups is 1. The molecule has 1 amide bonds. The zero-order valence-electron chi connectivity index (χ0n) is 18.2. The van der Waals surface area contributed by atoms with Gasteiger partial charge in [-0.15, -0.1) is 10.2 Å². The highest BCUT2D eigenvalue weighted by Crippen LogP contribution is 2.15. The van der Waals surface area contributed by atoms with Gasteiger partial charge >= 0.3 is 0 Å². The Labute approximate surface area is 193 Å². The Hall–Kier alpha value is -4.41. The first-order chi connectivity index (χ1) is 16.6. The van der Waals surface area contributed by atoms with Gasteiger partial charge in [0.1, 0.15) is 17.8 Å². The van der Waals surface area contributed by atoms with E-state index in [9.17, 15) is 14.0 Å². The summed E-state index contributed by atoms with van der Waals surface area (Å²) in [6, 6.07) is 12.4. The van der Waals surface area contributed by atoms with Gasteiger partial charge in [-0.2, -0.15) is 5.10 Å². The molecule has 4 aromatic rings. The summed E-state index contributed by atoms with van der Waals surface area (Å²) in [7, 11) is 0. The minimum Gasteiger partial charge on any atom is -0.352 e. The maximum Gasteiger partial charge on any atom is 0.274 e. The largest absolute Gasteiger partial charge is 0.352 e. The number of aromatic nitrogens is 6. The highest BCUT2D eigenvalue weighted by molar-refractivity contribution is 5.92. The smallest absolute Gasteiger partial charge is 0.274 e. The number of imidazole rings is 1. The molecule has 5 rings (SSSR count). The monoisotopic (exact) mass is 460 g/mol. The highest BCUT2D eigenvalue weighted by Gasteiger charge is 2.24. The second kappa shape index (κ2) is 9.22. The molecule has 1 aromatic carbocycles. The van der Waals surface area contributed by atoms with Crippen LogP contribution in [0, 0.1) is 5.82 Å². The third-order valence-corrected chi connectivity index (χ3v) is 5.60. The van der Waals surface area contributed by atoms with Crippen molar-refractivity contribution >= 4 is 11.7 Å². The van der Waals surface area contributed by atoms with Gasteiger partial charge in [0.25, 0.3) is 11.5 Å². The van der Waals surface area contributed by atoms with E-state index in [4.69, 9.17) is 0 Å². The van der Waals surface area contributed by atoms with Crippen molar-refractivity contribution in [1.29, 1.82) is 0 Å². The van der Waals surface area contributed by atoms with Gasteiger partial charge in [-0.3, -0.25) is 14.2 Å². The molecule has 0 aliphatic carbocycles. The van der Waals surface area contributed by atoms with Crippen LogP contribution in [0.25, 0.3) is 5.82 Å². The lowest BCUT2D eigenvalue weighted by atomic mass is 10.2. The van der Waals surface area contributed by atoms with Crippen molar-refractivity contribution in [3.8, 4) is 5.82 Å². The van der Waals surface area contributed by atoms with E-state index in [1.54, 1.807) is 40.3 Å². The number of halogens is 1. The second-order valence-corrected chi connectivity index (χ2v) is 7.84. The van der Waals surface area contributed by atoms with Crippen molar-refractivity contribution in [1.82, 2.24) is 34.4 Å². The van der Waals surface area contributed by atoms with E-state index >= 15 is 0 Å². The molecule has 3 aromatic heterocycles. The summed E-state index contributed by atoms with van der Waals surface area (Å²) in [5, 5.41) is 12.8. The average molecular weight is 460 g/mol. The van der Waals surface area contributed by atoms with Crippen LogP contribution >= 0.6 is 0 Å². The molecule has 0 bridgehead atoms. The van der Waals surface area contributed by atoms with Crippen LogP contribution in [-0.2, 0) is 6.54 Å². The molecule has 0 saturated carbocycles. The topological polar surface area (TPSA) is 102 Å². The van der Waals surface area contributed by atoms with Gasteiger partial charge < -0.3 is 9.80 Å². The van der Waals surface area contributed by atoms with Crippen molar-refractivity contribution in [2.45, 2.75) is 6.54 Å². The van der Waals surface area contributed by atoms with Gasteiger partial charge in [-0.05, 0) is 35.9 Å². The van der Waals surface area contributed by atoms with Gasteiger partial charge in [0, 0.05) is 44.6 Å². The van der Waals surface area contributed by atoms with Crippen LogP contribution in [0.5, 0.6) is 0 Å². The minimum atomic E-state index is -0.392. The number of carbonyl (C=O) groups excluding carboxylic acids is 1. The summed E-state index contributed by atoms with van der Waals surface area (Å²) in [4.78, 5) is 33.0. The van der Waals surface area contributed by atoms with E-state index < -0.39 is 5.82 Å². The number of hydrogen-bond donors (Lipinski definition) is 0. The lowest BCUT2D eigenvalue weighted by molar-refractivity contribution is 0.0737. The van der Waals surface area contributed by atoms with Crippen molar-refractivity contribution in [3.63, 3.8) is 0 Å². The summed E-state index contributed by atoms with van der Waals surface area (Å²) < 4.78 is 16.4. The molecule has 0 unspecified atom stereocenters. The number of piperazine rings is 1. The van der Waals surface area contributed by atoms with E-state index in [1.807, 2.05) is 12.1 Å². The third-order valence-electron chi connectivity index (χ3n) is 5.60. The molecule has 10 nitrogen and oxygen atoms in total. The molecule has 0 spiro atoms. The molecular formula is C23H21FN8O2. The second-order valence-electron chi connectivity index (χ2n) is 7.84. The standard InChI is InChI=1S/C23H21FN8O2/c24-18-3-1-2-17(14-18)15-32-22(33)7-4-19(28-32)23(34)30-12-10-29(11-13-30)20-5-6-21(27-26-20)31-9-8-25-16-31/h1-9,14,16H,10-13,15H2. The molecule has 1 aliphatic heterocycles. The van der Waals surface area contributed by atoms with E-state index in [1.165, 1.54) is 28.9 Å². The Bertz CT molecular complexity index is 1350. The highest BCUT2D eigenvalue weighted by atomic mass is 19.1.